The van der Waals surface area contributed by atoms with Crippen molar-refractivity contribution in [2.75, 3.05) is 12.3 Å². The van der Waals surface area contributed by atoms with Gasteiger partial charge >= 0.3 is 0 Å². The summed E-state index contributed by atoms with van der Waals surface area (Å²) in [4.78, 5) is 0.229. The SMILES string of the molecule is Cc1ccc(N)c(C)c1S(=O)(=O)NC(C)CCO. The lowest BCUT2D eigenvalue weighted by molar-refractivity contribution is 0.275. The lowest BCUT2D eigenvalue weighted by Crippen LogP contribution is -2.34. The third-order valence-corrected chi connectivity index (χ3v) is 4.71. The summed E-state index contributed by atoms with van der Waals surface area (Å²) < 4.78 is 27.1. The first kappa shape index (κ1) is 14.9. The molecule has 0 saturated heterocycles. The van der Waals surface area contributed by atoms with Gasteiger partial charge in [0.1, 0.15) is 0 Å². The molecule has 0 aromatic heterocycles. The molecule has 1 atom stereocenters. The molecule has 0 aliphatic heterocycles. The number of aliphatic hydroxyl groups excluding tert-OH is 1. The van der Waals surface area contributed by atoms with E-state index in [1.807, 2.05) is 0 Å². The second-order valence-corrected chi connectivity index (χ2v) is 6.11. The molecule has 0 heterocycles. The minimum Gasteiger partial charge on any atom is -0.398 e. The smallest absolute Gasteiger partial charge is 0.241 e. The number of sulfonamides is 1. The van der Waals surface area contributed by atoms with E-state index in [4.69, 9.17) is 10.8 Å². The van der Waals surface area contributed by atoms with Crippen LogP contribution in [0.15, 0.2) is 17.0 Å². The molecule has 1 aromatic carbocycles. The summed E-state index contributed by atoms with van der Waals surface area (Å²) in [6, 6.07) is 3.06. The third-order valence-electron chi connectivity index (χ3n) is 2.83. The number of hydrogen-bond acceptors (Lipinski definition) is 4. The summed E-state index contributed by atoms with van der Waals surface area (Å²) in [5.74, 6) is 0. The quantitative estimate of drug-likeness (QED) is 0.695. The molecule has 0 bridgehead atoms. The molecule has 0 radical (unpaired) electrons. The fourth-order valence-corrected chi connectivity index (χ4v) is 3.61. The van der Waals surface area contributed by atoms with E-state index in [1.54, 1.807) is 32.9 Å². The minimum absolute atomic E-state index is 0.0570. The van der Waals surface area contributed by atoms with Gasteiger partial charge in [-0.1, -0.05) is 6.07 Å². The van der Waals surface area contributed by atoms with Crippen molar-refractivity contribution in [1.29, 1.82) is 0 Å². The van der Waals surface area contributed by atoms with Gasteiger partial charge in [0, 0.05) is 18.3 Å². The van der Waals surface area contributed by atoms with Gasteiger partial charge in [-0.2, -0.15) is 0 Å². The Labute approximate surface area is 108 Å². The Morgan fingerprint density at radius 2 is 2.00 bits per heavy atom. The van der Waals surface area contributed by atoms with Gasteiger partial charge in [0.05, 0.1) is 4.90 Å². The zero-order valence-electron chi connectivity index (χ0n) is 10.9. The molecular weight excluding hydrogens is 252 g/mol. The van der Waals surface area contributed by atoms with Crippen molar-refractivity contribution in [3.63, 3.8) is 0 Å². The summed E-state index contributed by atoms with van der Waals surface area (Å²) in [5.41, 5.74) is 7.41. The van der Waals surface area contributed by atoms with Gasteiger partial charge in [0.2, 0.25) is 10.0 Å². The van der Waals surface area contributed by atoms with Crippen LogP contribution in [0.1, 0.15) is 24.5 Å². The summed E-state index contributed by atoms with van der Waals surface area (Å²) in [6.07, 6.45) is 0.375. The van der Waals surface area contributed by atoms with Crippen LogP contribution in [0.4, 0.5) is 5.69 Å². The minimum atomic E-state index is -3.61. The predicted molar refractivity (Wildman–Crippen MR) is 71.8 cm³/mol. The molecular formula is C12H20N2O3S. The van der Waals surface area contributed by atoms with Crippen LogP contribution < -0.4 is 10.5 Å². The molecule has 0 amide bonds. The Kier molecular flexibility index (Phi) is 4.72. The highest BCUT2D eigenvalue weighted by Crippen LogP contribution is 2.24. The Morgan fingerprint density at radius 3 is 2.56 bits per heavy atom. The van der Waals surface area contributed by atoms with Gasteiger partial charge in [-0.3, -0.25) is 0 Å². The Morgan fingerprint density at radius 1 is 1.39 bits per heavy atom. The Balaban J connectivity index is 3.17. The zero-order valence-corrected chi connectivity index (χ0v) is 11.7. The average molecular weight is 272 g/mol. The van der Waals surface area contributed by atoms with Gasteiger partial charge in [0.15, 0.2) is 0 Å². The molecule has 102 valence electrons. The van der Waals surface area contributed by atoms with Crippen molar-refractivity contribution >= 4 is 15.7 Å². The van der Waals surface area contributed by atoms with Gasteiger partial charge in [-0.05, 0) is 44.4 Å². The molecule has 5 nitrogen and oxygen atoms in total. The highest BCUT2D eigenvalue weighted by Gasteiger charge is 2.22. The standard InChI is InChI=1S/C12H20N2O3S/c1-8-4-5-11(13)10(3)12(8)18(16,17)14-9(2)6-7-15/h4-5,9,14-15H,6-7,13H2,1-3H3. The summed E-state index contributed by atoms with van der Waals surface area (Å²) >= 11 is 0. The second-order valence-electron chi connectivity index (χ2n) is 4.46. The predicted octanol–water partition coefficient (Wildman–Crippen LogP) is 0.935. The highest BCUT2D eigenvalue weighted by molar-refractivity contribution is 7.89. The van der Waals surface area contributed by atoms with E-state index in [9.17, 15) is 8.42 Å². The van der Waals surface area contributed by atoms with Crippen LogP contribution in [0, 0.1) is 13.8 Å². The zero-order chi connectivity index (χ0) is 13.9. The number of anilines is 1. The molecule has 0 aliphatic rings. The maximum Gasteiger partial charge on any atom is 0.241 e. The summed E-state index contributed by atoms with van der Waals surface area (Å²) in [5, 5.41) is 8.80. The highest BCUT2D eigenvalue weighted by atomic mass is 32.2. The number of rotatable bonds is 5. The maximum atomic E-state index is 12.3. The van der Waals surface area contributed by atoms with E-state index in [1.165, 1.54) is 0 Å². The van der Waals surface area contributed by atoms with Crippen LogP contribution in [0.3, 0.4) is 0 Å². The van der Waals surface area contributed by atoms with E-state index in [0.717, 1.165) is 0 Å². The first-order valence-corrected chi connectivity index (χ1v) is 7.26. The third kappa shape index (κ3) is 3.22. The number of benzene rings is 1. The lowest BCUT2D eigenvalue weighted by Gasteiger charge is -2.17. The van der Waals surface area contributed by atoms with Crippen molar-refractivity contribution in [2.45, 2.75) is 38.1 Å². The van der Waals surface area contributed by atoms with E-state index < -0.39 is 10.0 Å². The van der Waals surface area contributed by atoms with E-state index in [2.05, 4.69) is 4.72 Å². The molecule has 0 spiro atoms. The van der Waals surface area contributed by atoms with Crippen LogP contribution in [0.2, 0.25) is 0 Å². The molecule has 0 fully saturated rings. The first-order valence-electron chi connectivity index (χ1n) is 5.78. The van der Waals surface area contributed by atoms with E-state index in [-0.39, 0.29) is 17.5 Å². The molecule has 1 rings (SSSR count). The van der Waals surface area contributed by atoms with Crippen molar-refractivity contribution < 1.29 is 13.5 Å². The van der Waals surface area contributed by atoms with Gasteiger partial charge in [-0.25, -0.2) is 13.1 Å². The maximum absolute atomic E-state index is 12.3. The molecule has 4 N–H and O–H groups in total. The Hall–Kier alpha value is -1.11. The van der Waals surface area contributed by atoms with Gasteiger partial charge in [0.25, 0.3) is 0 Å². The van der Waals surface area contributed by atoms with E-state index in [0.29, 0.717) is 23.2 Å². The topological polar surface area (TPSA) is 92.4 Å². The lowest BCUT2D eigenvalue weighted by atomic mass is 10.1. The van der Waals surface area contributed by atoms with Gasteiger partial charge < -0.3 is 10.8 Å². The average Bonchev–Trinajstić information content (AvgIpc) is 2.23. The van der Waals surface area contributed by atoms with Crippen LogP contribution in [-0.4, -0.2) is 26.2 Å². The van der Waals surface area contributed by atoms with Crippen LogP contribution in [-0.2, 0) is 10.0 Å². The molecule has 0 aliphatic carbocycles. The number of aliphatic hydroxyl groups is 1. The first-order chi connectivity index (χ1) is 8.29. The van der Waals surface area contributed by atoms with Crippen LogP contribution >= 0.6 is 0 Å². The second kappa shape index (κ2) is 5.69. The monoisotopic (exact) mass is 272 g/mol. The largest absolute Gasteiger partial charge is 0.398 e. The number of aryl methyl sites for hydroxylation is 1. The Bertz CT molecular complexity index is 526. The van der Waals surface area contributed by atoms with Crippen LogP contribution in [0.25, 0.3) is 0 Å². The van der Waals surface area contributed by atoms with E-state index >= 15 is 0 Å². The molecule has 0 saturated carbocycles. The fraction of sp³-hybridized carbons (Fsp3) is 0.500. The van der Waals surface area contributed by atoms with Crippen LogP contribution in [0.5, 0.6) is 0 Å². The van der Waals surface area contributed by atoms with Crippen molar-refractivity contribution in [1.82, 2.24) is 4.72 Å². The van der Waals surface area contributed by atoms with Gasteiger partial charge in [-0.15, -0.1) is 0 Å². The molecule has 1 unspecified atom stereocenters. The van der Waals surface area contributed by atoms with Crippen molar-refractivity contribution in [3.05, 3.63) is 23.3 Å². The molecule has 6 heteroatoms. The number of hydrogen-bond donors (Lipinski definition) is 3. The number of nitrogen functional groups attached to an aromatic ring is 1. The fourth-order valence-electron chi connectivity index (χ4n) is 1.83. The molecule has 1 aromatic rings. The summed E-state index contributed by atoms with van der Waals surface area (Å²) in [7, 11) is -3.61. The number of nitrogens with one attached hydrogen (secondary N) is 1. The molecule has 18 heavy (non-hydrogen) atoms. The normalized spacial score (nSPS) is 13.6. The van der Waals surface area contributed by atoms with Crippen molar-refractivity contribution in [2.24, 2.45) is 0 Å². The van der Waals surface area contributed by atoms with Crippen molar-refractivity contribution in [3.8, 4) is 0 Å². The number of nitrogens with two attached hydrogens (primary N) is 1. The summed E-state index contributed by atoms with van der Waals surface area (Å²) in [6.45, 7) is 5.08.